The van der Waals surface area contributed by atoms with Crippen molar-refractivity contribution < 1.29 is 50.6 Å². The summed E-state index contributed by atoms with van der Waals surface area (Å²) < 4.78 is 85.2. The largest absolute Gasteiger partial charge is 0.472 e. The Labute approximate surface area is 211 Å². The number of nitrogens with zero attached hydrogens (tertiary/aromatic N) is 4. The summed E-state index contributed by atoms with van der Waals surface area (Å²) in [5, 5.41) is 22.1. The molecule has 2 aliphatic heterocycles. The molecule has 2 amide bonds. The number of aromatic nitrogens is 2. The third kappa shape index (κ3) is 6.18. The fraction of sp³-hybridized carbons (Fsp3) is 0.545. The Balaban J connectivity index is 1.50. The van der Waals surface area contributed by atoms with E-state index in [0.717, 1.165) is 4.90 Å². The smallest absolute Gasteiger partial charge is 0.433 e. The molecule has 0 radical (unpaired) electrons. The molecule has 38 heavy (non-hydrogen) atoms. The van der Waals surface area contributed by atoms with Crippen LogP contribution in [0.25, 0.3) is 11.4 Å². The van der Waals surface area contributed by atoms with Crippen LogP contribution in [-0.2, 0) is 23.9 Å². The maximum absolute atomic E-state index is 13.7. The van der Waals surface area contributed by atoms with Gasteiger partial charge in [0.2, 0.25) is 5.91 Å². The van der Waals surface area contributed by atoms with Crippen molar-refractivity contribution in [3.05, 3.63) is 35.5 Å². The summed E-state index contributed by atoms with van der Waals surface area (Å²) in [5.41, 5.74) is -1.01. The number of halogens is 6. The SMILES string of the molecule is O=C(O)N[C@@H](CC(O)N1CCc2c(nc(-c3ccoc3)nc2C(F)(F)F)C1)CN1CC(C(F)(F)F)CC1=O. The molecule has 10 nitrogen and oxygen atoms in total. The molecule has 0 spiro atoms. The Kier molecular flexibility index (Phi) is 7.56. The highest BCUT2D eigenvalue weighted by molar-refractivity contribution is 5.79. The van der Waals surface area contributed by atoms with Crippen LogP contribution in [0, 0.1) is 5.92 Å². The van der Waals surface area contributed by atoms with Gasteiger partial charge >= 0.3 is 18.4 Å². The third-order valence-corrected chi connectivity index (χ3v) is 6.51. The number of furan rings is 1. The standard InChI is InChI=1S/C22H23F6N5O5/c23-21(24,25)12-5-16(34)33(7-12)8-13(29-20(36)37)6-17(35)32-3-1-14-15(9-32)30-19(11-2-4-38-10-11)31-18(14)22(26,27)28/h2,4,10,12-13,17,29,35H,1,3,5-9H2,(H,36,37)/t12?,13-,17?/m0/s1. The van der Waals surface area contributed by atoms with Crippen LogP contribution in [0.1, 0.15) is 29.8 Å². The summed E-state index contributed by atoms with van der Waals surface area (Å²) in [6.07, 6.45) is -11.1. The zero-order valence-corrected chi connectivity index (χ0v) is 19.6. The Morgan fingerprint density at radius 1 is 1.24 bits per heavy atom. The average molecular weight is 551 g/mol. The number of nitrogens with one attached hydrogen (secondary N) is 1. The summed E-state index contributed by atoms with van der Waals surface area (Å²) in [4.78, 5) is 33.5. The molecule has 1 fully saturated rings. The number of amides is 2. The topological polar surface area (TPSA) is 132 Å². The van der Waals surface area contributed by atoms with Crippen LogP contribution in [0.4, 0.5) is 31.1 Å². The minimum absolute atomic E-state index is 0.0132. The summed E-state index contributed by atoms with van der Waals surface area (Å²) in [6.45, 7) is -1.33. The predicted octanol–water partition coefficient (Wildman–Crippen LogP) is 2.87. The lowest BCUT2D eigenvalue weighted by molar-refractivity contribution is -0.171. The fourth-order valence-electron chi connectivity index (χ4n) is 4.65. The maximum Gasteiger partial charge on any atom is 0.433 e. The Morgan fingerprint density at radius 2 is 1.97 bits per heavy atom. The molecule has 0 aromatic carbocycles. The van der Waals surface area contributed by atoms with E-state index >= 15 is 0 Å². The van der Waals surface area contributed by atoms with Gasteiger partial charge in [-0.25, -0.2) is 14.8 Å². The van der Waals surface area contributed by atoms with E-state index in [2.05, 4.69) is 15.3 Å². The molecule has 3 atom stereocenters. The van der Waals surface area contributed by atoms with Gasteiger partial charge in [-0.15, -0.1) is 0 Å². The Morgan fingerprint density at radius 3 is 2.55 bits per heavy atom. The molecule has 2 unspecified atom stereocenters. The normalized spacial score (nSPS) is 20.3. The van der Waals surface area contributed by atoms with Gasteiger partial charge in [-0.05, 0) is 12.5 Å². The monoisotopic (exact) mass is 551 g/mol. The average Bonchev–Trinajstić information content (AvgIpc) is 3.47. The molecule has 0 aliphatic carbocycles. The second-order valence-corrected chi connectivity index (χ2v) is 9.16. The highest BCUT2D eigenvalue weighted by Crippen LogP contribution is 2.36. The summed E-state index contributed by atoms with van der Waals surface area (Å²) in [7, 11) is 0. The number of carboxylic acid groups (broad SMARTS) is 1. The van der Waals surface area contributed by atoms with Crippen LogP contribution < -0.4 is 5.32 Å². The lowest BCUT2D eigenvalue weighted by Gasteiger charge is -2.35. The number of hydrogen-bond donors (Lipinski definition) is 3. The predicted molar refractivity (Wildman–Crippen MR) is 115 cm³/mol. The van der Waals surface area contributed by atoms with E-state index in [1.54, 1.807) is 0 Å². The molecule has 4 heterocycles. The molecule has 3 N–H and O–H groups in total. The maximum atomic E-state index is 13.7. The first kappa shape index (κ1) is 27.6. The second kappa shape index (κ2) is 10.4. The van der Waals surface area contributed by atoms with Crippen molar-refractivity contribution in [2.24, 2.45) is 5.92 Å². The summed E-state index contributed by atoms with van der Waals surface area (Å²) in [5.74, 6) is -2.90. The molecule has 2 aliphatic rings. The number of alkyl halides is 6. The van der Waals surface area contributed by atoms with Crippen LogP contribution in [0.5, 0.6) is 0 Å². The van der Waals surface area contributed by atoms with Gasteiger partial charge in [0.15, 0.2) is 11.5 Å². The van der Waals surface area contributed by atoms with Crippen molar-refractivity contribution in [3.63, 3.8) is 0 Å². The number of carbonyl (C=O) groups is 2. The second-order valence-electron chi connectivity index (χ2n) is 9.16. The van der Waals surface area contributed by atoms with Crippen LogP contribution in [-0.4, -0.2) is 80.1 Å². The number of hydrogen-bond acceptors (Lipinski definition) is 7. The molecule has 16 heteroatoms. The zero-order chi connectivity index (χ0) is 27.8. The van der Waals surface area contributed by atoms with Crippen molar-refractivity contribution in [3.8, 4) is 11.4 Å². The summed E-state index contributed by atoms with van der Waals surface area (Å²) >= 11 is 0. The molecular formula is C22H23F6N5O5. The number of likely N-dealkylation sites (tertiary alicyclic amines) is 1. The van der Waals surface area contributed by atoms with E-state index in [1.807, 2.05) is 0 Å². The highest BCUT2D eigenvalue weighted by Gasteiger charge is 2.47. The van der Waals surface area contributed by atoms with Gasteiger partial charge < -0.3 is 24.8 Å². The van der Waals surface area contributed by atoms with Gasteiger partial charge in [-0.2, -0.15) is 26.3 Å². The number of aliphatic hydroxyl groups excluding tert-OH is 1. The van der Waals surface area contributed by atoms with E-state index in [-0.39, 0.29) is 48.6 Å². The van der Waals surface area contributed by atoms with Gasteiger partial charge in [0.25, 0.3) is 0 Å². The number of rotatable bonds is 7. The molecule has 2 aromatic heterocycles. The van der Waals surface area contributed by atoms with E-state index < -0.39 is 67.7 Å². The minimum atomic E-state index is -4.76. The molecule has 4 rings (SSSR count). The Hall–Kier alpha value is -3.40. The third-order valence-electron chi connectivity index (χ3n) is 6.51. The lowest BCUT2D eigenvalue weighted by Crippen LogP contribution is -2.49. The molecule has 0 saturated carbocycles. The number of fused-ring (bicyclic) bond motifs is 1. The lowest BCUT2D eigenvalue weighted by atomic mass is 10.0. The van der Waals surface area contributed by atoms with Gasteiger partial charge in [-0.3, -0.25) is 9.69 Å². The van der Waals surface area contributed by atoms with E-state index in [1.165, 1.54) is 23.5 Å². The minimum Gasteiger partial charge on any atom is -0.472 e. The van der Waals surface area contributed by atoms with Crippen molar-refractivity contribution >= 4 is 12.0 Å². The van der Waals surface area contributed by atoms with Crippen molar-refractivity contribution in [2.75, 3.05) is 19.6 Å². The van der Waals surface area contributed by atoms with Crippen LogP contribution >= 0.6 is 0 Å². The van der Waals surface area contributed by atoms with Gasteiger partial charge in [0.1, 0.15) is 12.5 Å². The van der Waals surface area contributed by atoms with Gasteiger partial charge in [0.05, 0.1) is 29.5 Å². The summed E-state index contributed by atoms with van der Waals surface area (Å²) in [6, 6.07) is 0.250. The van der Waals surface area contributed by atoms with E-state index in [9.17, 15) is 41.0 Å². The zero-order valence-electron chi connectivity index (χ0n) is 19.6. The molecule has 208 valence electrons. The quantitative estimate of drug-likeness (QED) is 0.448. The molecular weight excluding hydrogens is 528 g/mol. The fourth-order valence-corrected chi connectivity index (χ4v) is 4.65. The van der Waals surface area contributed by atoms with Crippen LogP contribution in [0.15, 0.2) is 23.0 Å². The van der Waals surface area contributed by atoms with Gasteiger partial charge in [-0.1, -0.05) is 0 Å². The Bertz CT molecular complexity index is 1170. The van der Waals surface area contributed by atoms with E-state index in [4.69, 9.17) is 9.52 Å². The molecule has 1 saturated heterocycles. The highest BCUT2D eigenvalue weighted by atomic mass is 19.4. The number of aliphatic hydroxyl groups is 1. The number of carbonyl (C=O) groups excluding carboxylic acids is 1. The van der Waals surface area contributed by atoms with Crippen LogP contribution in [0.2, 0.25) is 0 Å². The van der Waals surface area contributed by atoms with Crippen molar-refractivity contribution in [1.82, 2.24) is 25.1 Å². The van der Waals surface area contributed by atoms with Gasteiger partial charge in [0, 0.05) is 44.6 Å². The molecule has 0 bridgehead atoms. The first-order chi connectivity index (χ1) is 17.7. The first-order valence-corrected chi connectivity index (χ1v) is 11.5. The molecule has 2 aromatic rings. The van der Waals surface area contributed by atoms with Crippen LogP contribution in [0.3, 0.4) is 0 Å². The van der Waals surface area contributed by atoms with Crippen molar-refractivity contribution in [2.45, 2.75) is 50.4 Å². The van der Waals surface area contributed by atoms with E-state index in [0.29, 0.717) is 0 Å². The first-order valence-electron chi connectivity index (χ1n) is 11.5. The van der Waals surface area contributed by atoms with Crippen molar-refractivity contribution in [1.29, 1.82) is 0 Å².